The van der Waals surface area contributed by atoms with Crippen LogP contribution in [0.4, 0.5) is 0 Å². The van der Waals surface area contributed by atoms with Crippen molar-refractivity contribution < 1.29 is 4.79 Å². The fourth-order valence-electron chi connectivity index (χ4n) is 2.17. The number of carbonyl (C=O) groups is 1. The van der Waals surface area contributed by atoms with Gasteiger partial charge in [0.05, 0.1) is 11.9 Å². The topological polar surface area (TPSA) is 70.1 Å². The maximum Gasteiger partial charge on any atom is 0.289 e. The number of aryl methyl sites for hydroxylation is 1. The molecule has 0 fully saturated rings. The van der Waals surface area contributed by atoms with Gasteiger partial charge in [-0.05, 0) is 18.6 Å². The first-order valence-electron chi connectivity index (χ1n) is 7.23. The van der Waals surface area contributed by atoms with Crippen molar-refractivity contribution >= 4 is 12.1 Å². The molecule has 0 spiro atoms. The molecule has 0 aliphatic heterocycles. The van der Waals surface area contributed by atoms with Crippen molar-refractivity contribution in [2.24, 2.45) is 5.10 Å². The fourth-order valence-corrected chi connectivity index (χ4v) is 2.17. The molecule has 2 aromatic carbocycles. The third-order valence-electron chi connectivity index (χ3n) is 3.31. The van der Waals surface area contributed by atoms with Crippen molar-refractivity contribution in [2.45, 2.75) is 6.92 Å². The van der Waals surface area contributed by atoms with E-state index in [1.165, 1.54) is 0 Å². The lowest BCUT2D eigenvalue weighted by Gasteiger charge is -1.97. The molecule has 0 radical (unpaired) electrons. The summed E-state index contributed by atoms with van der Waals surface area (Å²) in [6, 6.07) is 19.2. The van der Waals surface area contributed by atoms with Crippen LogP contribution in [-0.4, -0.2) is 22.3 Å². The average molecular weight is 304 g/mol. The lowest BCUT2D eigenvalue weighted by molar-refractivity contribution is 0.0950. The highest BCUT2D eigenvalue weighted by atomic mass is 16.2. The first kappa shape index (κ1) is 14.7. The van der Waals surface area contributed by atoms with E-state index in [0.717, 1.165) is 22.4 Å². The van der Waals surface area contributed by atoms with Gasteiger partial charge < -0.3 is 0 Å². The molecule has 0 saturated carbocycles. The third kappa shape index (κ3) is 3.71. The first-order chi connectivity index (χ1) is 11.2. The Kier molecular flexibility index (Phi) is 4.29. The molecule has 0 aliphatic carbocycles. The molecule has 1 heterocycles. The van der Waals surface area contributed by atoms with Crippen LogP contribution >= 0.6 is 0 Å². The number of hydrogen-bond donors (Lipinski definition) is 2. The van der Waals surface area contributed by atoms with Crippen molar-refractivity contribution in [3.05, 3.63) is 77.5 Å². The molecular weight excluding hydrogens is 288 g/mol. The quantitative estimate of drug-likeness (QED) is 0.574. The Morgan fingerprint density at radius 1 is 1.13 bits per heavy atom. The SMILES string of the molecule is Cc1cccc(/C=N\NC(=O)c2cc(-c3ccccc3)n[nH]2)c1. The summed E-state index contributed by atoms with van der Waals surface area (Å²) in [6.07, 6.45) is 1.61. The van der Waals surface area contributed by atoms with E-state index in [9.17, 15) is 4.79 Å². The van der Waals surface area contributed by atoms with Gasteiger partial charge in [0.25, 0.3) is 5.91 Å². The van der Waals surface area contributed by atoms with E-state index < -0.39 is 0 Å². The van der Waals surface area contributed by atoms with Crippen LogP contribution < -0.4 is 5.43 Å². The summed E-state index contributed by atoms with van der Waals surface area (Å²) in [6.45, 7) is 2.01. The van der Waals surface area contributed by atoms with Crippen molar-refractivity contribution in [1.29, 1.82) is 0 Å². The normalized spacial score (nSPS) is 10.8. The van der Waals surface area contributed by atoms with E-state index >= 15 is 0 Å². The minimum Gasteiger partial charge on any atom is -0.272 e. The molecule has 23 heavy (non-hydrogen) atoms. The van der Waals surface area contributed by atoms with Crippen LogP contribution in [0.3, 0.4) is 0 Å². The summed E-state index contributed by atoms with van der Waals surface area (Å²) in [5.74, 6) is -0.330. The number of hydrogen-bond acceptors (Lipinski definition) is 3. The number of nitrogens with one attached hydrogen (secondary N) is 2. The number of hydrazone groups is 1. The van der Waals surface area contributed by atoms with Gasteiger partial charge in [0.1, 0.15) is 5.69 Å². The van der Waals surface area contributed by atoms with Crippen LogP contribution in [-0.2, 0) is 0 Å². The fraction of sp³-hybridized carbons (Fsp3) is 0.0556. The molecule has 5 nitrogen and oxygen atoms in total. The van der Waals surface area contributed by atoms with Crippen LogP contribution in [0.15, 0.2) is 65.8 Å². The lowest BCUT2D eigenvalue weighted by Crippen LogP contribution is -2.18. The van der Waals surface area contributed by atoms with E-state index in [4.69, 9.17) is 0 Å². The predicted molar refractivity (Wildman–Crippen MR) is 90.3 cm³/mol. The molecule has 114 valence electrons. The largest absolute Gasteiger partial charge is 0.289 e. The maximum absolute atomic E-state index is 12.1. The zero-order chi connectivity index (χ0) is 16.1. The van der Waals surface area contributed by atoms with Crippen molar-refractivity contribution in [3.63, 3.8) is 0 Å². The standard InChI is InChI=1S/C18H16N4O/c1-13-6-5-7-14(10-13)12-19-22-18(23)17-11-16(20-21-17)15-8-3-2-4-9-15/h2-12H,1H3,(H,20,21)(H,22,23)/b19-12-. The van der Waals surface area contributed by atoms with Gasteiger partial charge in [-0.1, -0.05) is 60.2 Å². The molecule has 3 rings (SSSR count). The average Bonchev–Trinajstić information content (AvgIpc) is 3.06. The van der Waals surface area contributed by atoms with Crippen LogP contribution in [0.25, 0.3) is 11.3 Å². The van der Waals surface area contributed by atoms with Gasteiger partial charge in [-0.25, -0.2) is 5.43 Å². The van der Waals surface area contributed by atoms with Gasteiger partial charge in [0.15, 0.2) is 0 Å². The molecule has 0 bridgehead atoms. The molecular formula is C18H16N4O. The van der Waals surface area contributed by atoms with Gasteiger partial charge in [-0.15, -0.1) is 0 Å². The number of aromatic amines is 1. The van der Waals surface area contributed by atoms with Crippen LogP contribution in [0.2, 0.25) is 0 Å². The Morgan fingerprint density at radius 2 is 1.96 bits per heavy atom. The Labute approximate surface area is 134 Å². The predicted octanol–water partition coefficient (Wildman–Crippen LogP) is 3.15. The van der Waals surface area contributed by atoms with Gasteiger partial charge >= 0.3 is 0 Å². The second-order valence-corrected chi connectivity index (χ2v) is 5.15. The Balaban J connectivity index is 1.66. The number of nitrogens with zero attached hydrogens (tertiary/aromatic N) is 2. The van der Waals surface area contributed by atoms with Gasteiger partial charge in [-0.3, -0.25) is 9.89 Å². The summed E-state index contributed by atoms with van der Waals surface area (Å²) in [5.41, 5.74) is 6.60. The van der Waals surface area contributed by atoms with E-state index in [1.54, 1.807) is 12.3 Å². The van der Waals surface area contributed by atoms with Crippen molar-refractivity contribution in [2.75, 3.05) is 0 Å². The minimum atomic E-state index is -0.330. The first-order valence-corrected chi connectivity index (χ1v) is 7.23. The number of carbonyl (C=O) groups excluding carboxylic acids is 1. The highest BCUT2D eigenvalue weighted by molar-refractivity contribution is 5.94. The maximum atomic E-state index is 12.1. The zero-order valence-corrected chi connectivity index (χ0v) is 12.7. The minimum absolute atomic E-state index is 0.330. The van der Waals surface area contributed by atoms with E-state index in [1.807, 2.05) is 61.5 Å². The second-order valence-electron chi connectivity index (χ2n) is 5.15. The summed E-state index contributed by atoms with van der Waals surface area (Å²) < 4.78 is 0. The Hall–Kier alpha value is -3.21. The molecule has 1 aromatic heterocycles. The molecule has 1 amide bonds. The monoisotopic (exact) mass is 304 g/mol. The number of benzene rings is 2. The van der Waals surface area contributed by atoms with Gasteiger partial charge in [0, 0.05) is 5.56 Å². The van der Waals surface area contributed by atoms with Crippen LogP contribution in [0.1, 0.15) is 21.6 Å². The zero-order valence-electron chi connectivity index (χ0n) is 12.7. The van der Waals surface area contributed by atoms with E-state index in [-0.39, 0.29) is 5.91 Å². The number of H-pyrrole nitrogens is 1. The van der Waals surface area contributed by atoms with Crippen molar-refractivity contribution in [3.8, 4) is 11.3 Å². The van der Waals surface area contributed by atoms with Gasteiger partial charge in [0.2, 0.25) is 0 Å². The summed E-state index contributed by atoms with van der Waals surface area (Å²) >= 11 is 0. The molecule has 5 heteroatoms. The van der Waals surface area contributed by atoms with E-state index in [0.29, 0.717) is 5.69 Å². The molecule has 0 unspecified atom stereocenters. The molecule has 0 saturated heterocycles. The lowest BCUT2D eigenvalue weighted by atomic mass is 10.1. The second kappa shape index (κ2) is 6.70. The molecule has 3 aromatic rings. The third-order valence-corrected chi connectivity index (χ3v) is 3.31. The number of amides is 1. The number of rotatable bonds is 4. The summed E-state index contributed by atoms with van der Waals surface area (Å²) in [4.78, 5) is 12.1. The Bertz CT molecular complexity index is 837. The smallest absolute Gasteiger partial charge is 0.272 e. The molecule has 2 N–H and O–H groups in total. The van der Waals surface area contributed by atoms with Crippen molar-refractivity contribution in [1.82, 2.24) is 15.6 Å². The summed E-state index contributed by atoms with van der Waals surface area (Å²) in [7, 11) is 0. The Morgan fingerprint density at radius 3 is 2.74 bits per heavy atom. The molecule has 0 aliphatic rings. The summed E-state index contributed by atoms with van der Waals surface area (Å²) in [5, 5.41) is 10.8. The van der Waals surface area contributed by atoms with E-state index in [2.05, 4.69) is 20.7 Å². The van der Waals surface area contributed by atoms with Crippen LogP contribution in [0, 0.1) is 6.92 Å². The van der Waals surface area contributed by atoms with Crippen LogP contribution in [0.5, 0.6) is 0 Å². The molecule has 0 atom stereocenters. The highest BCUT2D eigenvalue weighted by Gasteiger charge is 2.09. The van der Waals surface area contributed by atoms with Gasteiger partial charge in [-0.2, -0.15) is 10.2 Å². The number of aromatic nitrogens is 2. The highest BCUT2D eigenvalue weighted by Crippen LogP contribution is 2.16.